The van der Waals surface area contributed by atoms with Gasteiger partial charge in [0, 0.05) is 56.4 Å². The van der Waals surface area contributed by atoms with Crippen LogP contribution in [0.1, 0.15) is 31.7 Å². The lowest BCUT2D eigenvalue weighted by Gasteiger charge is -2.39. The molecule has 2 heterocycles. The molecule has 0 aromatic heterocycles. The summed E-state index contributed by atoms with van der Waals surface area (Å²) in [5.41, 5.74) is 0.565. The summed E-state index contributed by atoms with van der Waals surface area (Å²) in [6.07, 6.45) is 3.47. The van der Waals surface area contributed by atoms with Crippen LogP contribution in [0.25, 0.3) is 0 Å². The van der Waals surface area contributed by atoms with E-state index in [4.69, 9.17) is 11.6 Å². The van der Waals surface area contributed by atoms with Gasteiger partial charge in [-0.2, -0.15) is 0 Å². The molecule has 0 aliphatic carbocycles. The van der Waals surface area contributed by atoms with E-state index in [1.54, 1.807) is 12.1 Å². The van der Waals surface area contributed by atoms with Crippen molar-refractivity contribution >= 4 is 17.5 Å². The minimum Gasteiger partial charge on any atom is -0.341 e. The fourth-order valence-corrected chi connectivity index (χ4v) is 3.97. The summed E-state index contributed by atoms with van der Waals surface area (Å²) in [6, 6.07) is 4.75. The summed E-state index contributed by atoms with van der Waals surface area (Å²) in [5.74, 6) is 0.00821. The highest BCUT2D eigenvalue weighted by Crippen LogP contribution is 2.22. The second-order valence-corrected chi connectivity index (χ2v) is 7.48. The molecule has 1 amide bonds. The predicted octanol–water partition coefficient (Wildman–Crippen LogP) is 3.00. The Balaban J connectivity index is 1.52. The fraction of sp³-hybridized carbons (Fsp3) is 0.632. The van der Waals surface area contributed by atoms with Crippen molar-refractivity contribution in [1.29, 1.82) is 0 Å². The first-order chi connectivity index (χ1) is 12.1. The molecule has 0 saturated carbocycles. The van der Waals surface area contributed by atoms with Crippen molar-refractivity contribution in [3.8, 4) is 0 Å². The summed E-state index contributed by atoms with van der Waals surface area (Å²) in [5, 5.41) is 0.482. The number of piperazine rings is 1. The van der Waals surface area contributed by atoms with Gasteiger partial charge >= 0.3 is 0 Å². The van der Waals surface area contributed by atoms with Crippen molar-refractivity contribution in [1.82, 2.24) is 14.7 Å². The van der Waals surface area contributed by atoms with Gasteiger partial charge in [0.15, 0.2) is 0 Å². The minimum atomic E-state index is -0.247. The maximum atomic E-state index is 14.0. The lowest BCUT2D eigenvalue weighted by atomic mass is 10.1. The molecule has 25 heavy (non-hydrogen) atoms. The molecule has 1 atom stereocenters. The number of likely N-dealkylation sites (tertiary alicyclic amines) is 1. The maximum absolute atomic E-state index is 14.0. The van der Waals surface area contributed by atoms with Crippen molar-refractivity contribution in [2.24, 2.45) is 0 Å². The van der Waals surface area contributed by atoms with E-state index in [9.17, 15) is 9.18 Å². The van der Waals surface area contributed by atoms with E-state index in [1.165, 1.54) is 12.5 Å². The number of carbonyl (C=O) groups excluding carboxylic acids is 1. The first-order valence-corrected chi connectivity index (χ1v) is 9.62. The first kappa shape index (κ1) is 18.6. The van der Waals surface area contributed by atoms with Gasteiger partial charge in [-0.1, -0.05) is 17.7 Å². The maximum Gasteiger partial charge on any atom is 0.239 e. The number of halogens is 2. The van der Waals surface area contributed by atoms with Gasteiger partial charge in [0.05, 0.1) is 6.04 Å². The predicted molar refractivity (Wildman–Crippen MR) is 98.2 cm³/mol. The van der Waals surface area contributed by atoms with Gasteiger partial charge in [-0.05, 0) is 38.3 Å². The van der Waals surface area contributed by atoms with Crippen molar-refractivity contribution in [2.45, 2.75) is 38.8 Å². The van der Waals surface area contributed by atoms with E-state index in [2.05, 4.69) is 9.80 Å². The van der Waals surface area contributed by atoms with E-state index in [0.717, 1.165) is 52.1 Å². The van der Waals surface area contributed by atoms with Crippen LogP contribution >= 0.6 is 11.6 Å². The van der Waals surface area contributed by atoms with E-state index in [1.807, 2.05) is 11.8 Å². The number of nitrogens with zero attached hydrogens (tertiary/aromatic N) is 3. The summed E-state index contributed by atoms with van der Waals surface area (Å²) in [7, 11) is 0. The van der Waals surface area contributed by atoms with Crippen LogP contribution in [0.15, 0.2) is 18.2 Å². The molecule has 4 nitrogen and oxygen atoms in total. The topological polar surface area (TPSA) is 26.8 Å². The molecule has 138 valence electrons. The Bertz CT molecular complexity index is 578. The zero-order chi connectivity index (χ0) is 17.8. The van der Waals surface area contributed by atoms with Gasteiger partial charge in [0.1, 0.15) is 5.82 Å². The van der Waals surface area contributed by atoms with Crippen LogP contribution in [0.4, 0.5) is 4.39 Å². The molecule has 1 aromatic carbocycles. The second kappa shape index (κ2) is 8.47. The van der Waals surface area contributed by atoms with Crippen molar-refractivity contribution in [3.63, 3.8) is 0 Å². The zero-order valence-electron chi connectivity index (χ0n) is 14.9. The molecule has 2 fully saturated rings. The molecule has 0 spiro atoms. The Labute approximate surface area is 154 Å². The number of amides is 1. The van der Waals surface area contributed by atoms with Crippen LogP contribution in [0, 0.1) is 5.82 Å². The summed E-state index contributed by atoms with van der Waals surface area (Å²) >= 11 is 6.13. The van der Waals surface area contributed by atoms with Gasteiger partial charge in [0.2, 0.25) is 5.91 Å². The van der Waals surface area contributed by atoms with Crippen molar-refractivity contribution < 1.29 is 9.18 Å². The van der Waals surface area contributed by atoms with E-state index < -0.39 is 0 Å². The van der Waals surface area contributed by atoms with Crippen LogP contribution in [0.3, 0.4) is 0 Å². The molecule has 1 unspecified atom stereocenters. The third-order valence-corrected chi connectivity index (χ3v) is 5.78. The monoisotopic (exact) mass is 367 g/mol. The van der Waals surface area contributed by atoms with Gasteiger partial charge < -0.3 is 4.90 Å². The number of carbonyl (C=O) groups is 1. The van der Waals surface area contributed by atoms with E-state index in [0.29, 0.717) is 17.1 Å². The molecule has 2 aliphatic heterocycles. The Morgan fingerprint density at radius 1 is 1.12 bits per heavy atom. The molecule has 2 saturated heterocycles. The van der Waals surface area contributed by atoms with Crippen LogP contribution in [0.5, 0.6) is 0 Å². The highest BCUT2D eigenvalue weighted by Gasteiger charge is 2.29. The third kappa shape index (κ3) is 4.52. The van der Waals surface area contributed by atoms with Gasteiger partial charge in [0.25, 0.3) is 0 Å². The first-order valence-electron chi connectivity index (χ1n) is 9.24. The highest BCUT2D eigenvalue weighted by molar-refractivity contribution is 6.31. The molecule has 0 bridgehead atoms. The SMILES string of the molecule is CC(C(=O)N1CCCCC1)N1CCN(Cc2c(F)cccc2Cl)CC1. The molecular weight excluding hydrogens is 341 g/mol. The number of benzene rings is 1. The number of hydrogen-bond donors (Lipinski definition) is 0. The number of piperidine rings is 1. The number of hydrogen-bond acceptors (Lipinski definition) is 3. The van der Waals surface area contributed by atoms with Crippen LogP contribution < -0.4 is 0 Å². The summed E-state index contributed by atoms with van der Waals surface area (Å²) < 4.78 is 14.0. The standard InChI is InChI=1S/C19H27ClFN3O/c1-15(19(25)24-8-3-2-4-9-24)23-12-10-22(11-13-23)14-16-17(20)6-5-7-18(16)21/h5-7,15H,2-4,8-14H2,1H3. The molecule has 0 N–H and O–H groups in total. The van der Waals surface area contributed by atoms with Gasteiger partial charge in [-0.15, -0.1) is 0 Å². The Kier molecular flexibility index (Phi) is 6.31. The van der Waals surface area contributed by atoms with E-state index >= 15 is 0 Å². The highest BCUT2D eigenvalue weighted by atomic mass is 35.5. The van der Waals surface area contributed by atoms with Crippen molar-refractivity contribution in [2.75, 3.05) is 39.3 Å². The second-order valence-electron chi connectivity index (χ2n) is 7.07. The van der Waals surface area contributed by atoms with Crippen LogP contribution in [-0.2, 0) is 11.3 Å². The number of rotatable bonds is 4. The zero-order valence-corrected chi connectivity index (χ0v) is 15.6. The molecule has 0 radical (unpaired) electrons. The van der Waals surface area contributed by atoms with Crippen molar-refractivity contribution in [3.05, 3.63) is 34.6 Å². The quantitative estimate of drug-likeness (QED) is 0.818. The Morgan fingerprint density at radius 2 is 1.80 bits per heavy atom. The summed E-state index contributed by atoms with van der Waals surface area (Å²) in [6.45, 7) is 7.63. The Morgan fingerprint density at radius 3 is 2.44 bits per heavy atom. The lowest BCUT2D eigenvalue weighted by Crippen LogP contribution is -2.54. The lowest BCUT2D eigenvalue weighted by molar-refractivity contribution is -0.138. The largest absolute Gasteiger partial charge is 0.341 e. The van der Waals surface area contributed by atoms with Crippen LogP contribution in [-0.4, -0.2) is 65.9 Å². The van der Waals surface area contributed by atoms with Gasteiger partial charge in [-0.25, -0.2) is 4.39 Å². The summed E-state index contributed by atoms with van der Waals surface area (Å²) in [4.78, 5) is 19.1. The van der Waals surface area contributed by atoms with Gasteiger partial charge in [-0.3, -0.25) is 14.6 Å². The average Bonchev–Trinajstić information content (AvgIpc) is 2.65. The average molecular weight is 368 g/mol. The molecule has 2 aliphatic rings. The minimum absolute atomic E-state index is 0.0719. The molecular formula is C19H27ClFN3O. The normalized spacial score (nSPS) is 21.3. The fourth-order valence-electron chi connectivity index (χ4n) is 3.75. The molecule has 6 heteroatoms. The van der Waals surface area contributed by atoms with Crippen LogP contribution in [0.2, 0.25) is 5.02 Å². The molecule has 1 aromatic rings. The smallest absolute Gasteiger partial charge is 0.239 e. The van der Waals surface area contributed by atoms with E-state index in [-0.39, 0.29) is 17.8 Å². The Hall–Kier alpha value is -1.17. The molecule has 3 rings (SSSR count). The third-order valence-electron chi connectivity index (χ3n) is 5.42.